The molecule has 0 radical (unpaired) electrons. The summed E-state index contributed by atoms with van der Waals surface area (Å²) in [4.78, 5) is 16.4. The zero-order valence-corrected chi connectivity index (χ0v) is 13.7. The Kier molecular flexibility index (Phi) is 4.43. The number of carbonyl (C=O) groups is 1. The predicted octanol–water partition coefficient (Wildman–Crippen LogP) is 3.74. The third-order valence-corrected chi connectivity index (χ3v) is 4.23. The molecule has 116 valence electrons. The van der Waals surface area contributed by atoms with Crippen molar-refractivity contribution in [2.24, 2.45) is 5.92 Å². The summed E-state index contributed by atoms with van der Waals surface area (Å²) >= 11 is 1.49. The quantitative estimate of drug-likeness (QED) is 0.883. The smallest absolute Gasteiger partial charge is 0.270 e. The van der Waals surface area contributed by atoms with Gasteiger partial charge in [-0.2, -0.15) is 0 Å². The Balaban J connectivity index is 1.66. The molecule has 1 amide bonds. The van der Waals surface area contributed by atoms with Gasteiger partial charge in [-0.1, -0.05) is 13.8 Å². The number of aromatic nitrogens is 1. The van der Waals surface area contributed by atoms with E-state index in [1.807, 2.05) is 29.6 Å². The largest absolute Gasteiger partial charge is 0.493 e. The lowest BCUT2D eigenvalue weighted by atomic mass is 10.2. The van der Waals surface area contributed by atoms with Crippen molar-refractivity contribution < 1.29 is 9.53 Å². The standard InChI is InChI=1S/C17H20N2O2S/c1-11(2)9-21-14-7-3-12(4-8-14)17-19-15(10-22-17)16(20)18-13-5-6-13/h3-4,7-8,10-11,13H,5-6,9H2,1-2H3,(H,18,20). The van der Waals surface area contributed by atoms with Crippen LogP contribution < -0.4 is 10.1 Å². The molecule has 1 N–H and O–H groups in total. The summed E-state index contributed by atoms with van der Waals surface area (Å²) in [5.74, 6) is 1.30. The van der Waals surface area contributed by atoms with E-state index in [1.165, 1.54) is 11.3 Å². The van der Waals surface area contributed by atoms with Crippen LogP contribution in [0.1, 0.15) is 37.2 Å². The van der Waals surface area contributed by atoms with Gasteiger partial charge in [0.05, 0.1) is 6.61 Å². The number of carbonyl (C=O) groups excluding carboxylic acids is 1. The Hall–Kier alpha value is -1.88. The SMILES string of the molecule is CC(C)COc1ccc(-c2nc(C(=O)NC3CC3)cs2)cc1. The van der Waals surface area contributed by atoms with Gasteiger partial charge in [0.2, 0.25) is 0 Å². The van der Waals surface area contributed by atoms with E-state index >= 15 is 0 Å². The number of ether oxygens (including phenoxy) is 1. The lowest BCUT2D eigenvalue weighted by molar-refractivity contribution is 0.0947. The molecule has 1 aliphatic carbocycles. The maximum atomic E-state index is 12.0. The average Bonchev–Trinajstić information content (AvgIpc) is 3.17. The summed E-state index contributed by atoms with van der Waals surface area (Å²) in [6, 6.07) is 8.22. The Morgan fingerprint density at radius 3 is 2.73 bits per heavy atom. The van der Waals surface area contributed by atoms with Gasteiger partial charge in [-0.3, -0.25) is 4.79 Å². The van der Waals surface area contributed by atoms with Gasteiger partial charge < -0.3 is 10.1 Å². The highest BCUT2D eigenvalue weighted by molar-refractivity contribution is 7.13. The van der Waals surface area contributed by atoms with Gasteiger partial charge >= 0.3 is 0 Å². The number of benzene rings is 1. The van der Waals surface area contributed by atoms with E-state index in [0.717, 1.165) is 29.2 Å². The van der Waals surface area contributed by atoms with Crippen LogP contribution in [0.4, 0.5) is 0 Å². The molecule has 1 heterocycles. The fraction of sp³-hybridized carbons (Fsp3) is 0.412. The molecule has 1 fully saturated rings. The van der Waals surface area contributed by atoms with Crippen molar-refractivity contribution in [3.63, 3.8) is 0 Å². The maximum Gasteiger partial charge on any atom is 0.270 e. The summed E-state index contributed by atoms with van der Waals surface area (Å²) in [5, 5.41) is 5.63. The molecule has 0 atom stereocenters. The van der Waals surface area contributed by atoms with Crippen molar-refractivity contribution in [3.05, 3.63) is 35.3 Å². The topological polar surface area (TPSA) is 51.2 Å². The van der Waals surface area contributed by atoms with Crippen LogP contribution in [-0.4, -0.2) is 23.5 Å². The number of hydrogen-bond donors (Lipinski definition) is 1. The van der Waals surface area contributed by atoms with Gasteiger partial charge in [0.15, 0.2) is 0 Å². The number of amides is 1. The van der Waals surface area contributed by atoms with Gasteiger partial charge in [-0.15, -0.1) is 11.3 Å². The van der Waals surface area contributed by atoms with E-state index in [1.54, 1.807) is 0 Å². The normalized spacial score (nSPS) is 14.1. The van der Waals surface area contributed by atoms with Crippen LogP contribution >= 0.6 is 11.3 Å². The second-order valence-electron chi connectivity index (χ2n) is 6.01. The highest BCUT2D eigenvalue weighted by Crippen LogP contribution is 2.26. The Labute approximate surface area is 134 Å². The van der Waals surface area contributed by atoms with E-state index in [0.29, 0.717) is 24.3 Å². The minimum atomic E-state index is -0.0677. The van der Waals surface area contributed by atoms with E-state index in [-0.39, 0.29) is 5.91 Å². The number of nitrogens with zero attached hydrogens (tertiary/aromatic N) is 1. The Morgan fingerprint density at radius 2 is 2.09 bits per heavy atom. The van der Waals surface area contributed by atoms with Crippen LogP contribution in [0.15, 0.2) is 29.6 Å². The number of hydrogen-bond acceptors (Lipinski definition) is 4. The zero-order chi connectivity index (χ0) is 15.5. The molecule has 22 heavy (non-hydrogen) atoms. The summed E-state index contributed by atoms with van der Waals surface area (Å²) < 4.78 is 5.67. The molecular formula is C17H20N2O2S. The molecule has 1 aromatic carbocycles. The molecule has 5 heteroatoms. The van der Waals surface area contributed by atoms with Crippen molar-refractivity contribution >= 4 is 17.2 Å². The number of nitrogens with one attached hydrogen (secondary N) is 1. The molecular weight excluding hydrogens is 296 g/mol. The third-order valence-electron chi connectivity index (χ3n) is 3.33. The van der Waals surface area contributed by atoms with Crippen LogP contribution in [-0.2, 0) is 0 Å². The van der Waals surface area contributed by atoms with Crippen LogP contribution in [0, 0.1) is 5.92 Å². The number of thiazole rings is 1. The van der Waals surface area contributed by atoms with Gasteiger partial charge in [-0.05, 0) is 43.0 Å². The van der Waals surface area contributed by atoms with Crippen molar-refractivity contribution in [1.29, 1.82) is 0 Å². The second-order valence-corrected chi connectivity index (χ2v) is 6.87. The van der Waals surface area contributed by atoms with Gasteiger partial charge in [0.25, 0.3) is 5.91 Å². The van der Waals surface area contributed by atoms with E-state index in [2.05, 4.69) is 24.1 Å². The molecule has 1 saturated carbocycles. The van der Waals surface area contributed by atoms with Crippen LogP contribution in [0.2, 0.25) is 0 Å². The van der Waals surface area contributed by atoms with E-state index < -0.39 is 0 Å². The molecule has 0 bridgehead atoms. The first kappa shape index (κ1) is 15.0. The van der Waals surface area contributed by atoms with E-state index in [9.17, 15) is 4.79 Å². The molecule has 0 unspecified atom stereocenters. The molecule has 0 saturated heterocycles. The maximum absolute atomic E-state index is 12.0. The fourth-order valence-electron chi connectivity index (χ4n) is 1.95. The van der Waals surface area contributed by atoms with Crippen LogP contribution in [0.5, 0.6) is 5.75 Å². The van der Waals surface area contributed by atoms with Crippen LogP contribution in [0.25, 0.3) is 10.6 Å². The Morgan fingerprint density at radius 1 is 1.36 bits per heavy atom. The van der Waals surface area contributed by atoms with Crippen molar-refractivity contribution in [2.75, 3.05) is 6.61 Å². The monoisotopic (exact) mass is 316 g/mol. The first-order valence-electron chi connectivity index (χ1n) is 7.61. The fourth-order valence-corrected chi connectivity index (χ4v) is 2.76. The molecule has 1 aliphatic rings. The summed E-state index contributed by atoms with van der Waals surface area (Å²) in [6.45, 7) is 4.96. The van der Waals surface area contributed by atoms with Gasteiger partial charge in [0.1, 0.15) is 16.5 Å². The molecule has 0 aliphatic heterocycles. The van der Waals surface area contributed by atoms with E-state index in [4.69, 9.17) is 4.74 Å². The third kappa shape index (κ3) is 3.85. The summed E-state index contributed by atoms with van der Waals surface area (Å²) in [7, 11) is 0. The van der Waals surface area contributed by atoms with Crippen LogP contribution in [0.3, 0.4) is 0 Å². The predicted molar refractivity (Wildman–Crippen MR) is 88.4 cm³/mol. The number of rotatable bonds is 6. The second kappa shape index (κ2) is 6.48. The summed E-state index contributed by atoms with van der Waals surface area (Å²) in [6.07, 6.45) is 2.17. The first-order valence-corrected chi connectivity index (χ1v) is 8.49. The highest BCUT2D eigenvalue weighted by atomic mass is 32.1. The lowest BCUT2D eigenvalue weighted by Gasteiger charge is -2.08. The molecule has 1 aromatic heterocycles. The zero-order valence-electron chi connectivity index (χ0n) is 12.8. The lowest BCUT2D eigenvalue weighted by Crippen LogP contribution is -2.25. The molecule has 3 rings (SSSR count). The van der Waals surface area contributed by atoms with Gasteiger partial charge in [-0.25, -0.2) is 4.98 Å². The highest BCUT2D eigenvalue weighted by Gasteiger charge is 2.24. The Bertz CT molecular complexity index is 645. The molecule has 0 spiro atoms. The van der Waals surface area contributed by atoms with Crippen molar-refractivity contribution in [2.45, 2.75) is 32.7 Å². The van der Waals surface area contributed by atoms with Crippen molar-refractivity contribution in [3.8, 4) is 16.3 Å². The molecule has 4 nitrogen and oxygen atoms in total. The van der Waals surface area contributed by atoms with Gasteiger partial charge in [0, 0.05) is 17.0 Å². The minimum Gasteiger partial charge on any atom is -0.493 e. The average molecular weight is 316 g/mol. The summed E-state index contributed by atoms with van der Waals surface area (Å²) in [5.41, 5.74) is 1.51. The van der Waals surface area contributed by atoms with Crippen molar-refractivity contribution in [1.82, 2.24) is 10.3 Å². The molecule has 2 aromatic rings. The first-order chi connectivity index (χ1) is 10.6. The minimum absolute atomic E-state index is 0.0677.